The van der Waals surface area contributed by atoms with Crippen LogP contribution >= 0.6 is 0 Å². The van der Waals surface area contributed by atoms with Crippen molar-refractivity contribution in [2.24, 2.45) is 0 Å². The maximum Gasteiger partial charge on any atom is 0.354 e. The summed E-state index contributed by atoms with van der Waals surface area (Å²) in [4.78, 5) is 27.6. The van der Waals surface area contributed by atoms with Gasteiger partial charge in [-0.3, -0.25) is 0 Å². The second-order valence-corrected chi connectivity index (χ2v) is 5.12. The predicted octanol–water partition coefficient (Wildman–Crippen LogP) is 0.635. The van der Waals surface area contributed by atoms with Crippen molar-refractivity contribution in [2.45, 2.75) is 26.0 Å². The highest BCUT2D eigenvalue weighted by Crippen LogP contribution is 2.19. The number of aromatic amines is 1. The van der Waals surface area contributed by atoms with Gasteiger partial charge in [-0.05, 0) is 19.9 Å². The summed E-state index contributed by atoms with van der Waals surface area (Å²) < 4.78 is 5.36. The van der Waals surface area contributed by atoms with Gasteiger partial charge in [0, 0.05) is 5.69 Å². The van der Waals surface area contributed by atoms with Gasteiger partial charge in [0.25, 0.3) is 0 Å². The number of morpholine rings is 1. The van der Waals surface area contributed by atoms with Crippen LogP contribution in [0.4, 0.5) is 10.5 Å². The molecular weight excluding hydrogens is 278 g/mol. The van der Waals surface area contributed by atoms with E-state index in [0.29, 0.717) is 12.3 Å². The van der Waals surface area contributed by atoms with E-state index in [2.05, 4.69) is 10.3 Å². The molecule has 2 atom stereocenters. The molecule has 1 aromatic heterocycles. The number of nitrogens with zero attached hydrogens (tertiary/aromatic N) is 1. The normalized spacial score (nSPS) is 22.1. The number of hydrogen-bond donors (Lipinski definition) is 4. The number of aryl methyl sites for hydroxylation is 1. The summed E-state index contributed by atoms with van der Waals surface area (Å²) in [7, 11) is 0. The molecule has 8 heteroatoms. The molecule has 0 aromatic carbocycles. The minimum atomic E-state index is -1.14. The molecule has 8 nitrogen and oxygen atoms in total. The largest absolute Gasteiger partial charge is 0.477 e. The highest BCUT2D eigenvalue weighted by molar-refractivity contribution is 5.99. The fraction of sp³-hybridized carbons (Fsp3) is 0.538. The van der Waals surface area contributed by atoms with Gasteiger partial charge in [-0.2, -0.15) is 0 Å². The Bertz CT molecular complexity index is 542. The minimum absolute atomic E-state index is 0.0551. The van der Waals surface area contributed by atoms with Crippen molar-refractivity contribution in [1.82, 2.24) is 9.88 Å². The molecule has 116 valence electrons. The molecule has 1 aliphatic rings. The summed E-state index contributed by atoms with van der Waals surface area (Å²) in [5.41, 5.74) is 0.815. The Balaban J connectivity index is 2.12. The highest BCUT2D eigenvalue weighted by Gasteiger charge is 2.30. The molecule has 0 spiro atoms. The molecule has 1 saturated heterocycles. The van der Waals surface area contributed by atoms with E-state index in [1.165, 1.54) is 4.90 Å². The number of ether oxygens (including phenoxy) is 1. The van der Waals surface area contributed by atoms with Crippen molar-refractivity contribution in [3.8, 4) is 0 Å². The van der Waals surface area contributed by atoms with Crippen molar-refractivity contribution in [1.29, 1.82) is 0 Å². The average Bonchev–Trinajstić information content (AvgIpc) is 2.80. The van der Waals surface area contributed by atoms with Crippen molar-refractivity contribution in [2.75, 3.05) is 25.1 Å². The van der Waals surface area contributed by atoms with Gasteiger partial charge in [-0.25, -0.2) is 9.59 Å². The number of anilines is 1. The lowest BCUT2D eigenvalue weighted by Gasteiger charge is -2.37. The monoisotopic (exact) mass is 297 g/mol. The molecule has 0 bridgehead atoms. The van der Waals surface area contributed by atoms with E-state index in [-0.39, 0.29) is 30.6 Å². The number of aliphatic hydroxyl groups is 1. The number of carboxylic acid groups (broad SMARTS) is 1. The number of carbonyl (C=O) groups is 2. The van der Waals surface area contributed by atoms with Crippen molar-refractivity contribution in [3.63, 3.8) is 0 Å². The summed E-state index contributed by atoms with van der Waals surface area (Å²) in [6.45, 7) is 3.96. The standard InChI is InChI=1S/C13H19N3O5/c1-7-3-10(11(14-7)12(18)19)15-13(20)16-4-9(5-17)21-6-8(16)2/h3,8-9,14,17H,4-6H2,1-2H3,(H,15,20)(H,18,19). The lowest BCUT2D eigenvalue weighted by atomic mass is 10.2. The van der Waals surface area contributed by atoms with Gasteiger partial charge in [0.1, 0.15) is 5.69 Å². The number of urea groups is 1. The van der Waals surface area contributed by atoms with Crippen LogP contribution in [-0.4, -0.2) is 64.0 Å². The Morgan fingerprint density at radius 1 is 1.57 bits per heavy atom. The zero-order valence-electron chi connectivity index (χ0n) is 11.9. The number of nitrogens with one attached hydrogen (secondary N) is 2. The number of hydrogen-bond acceptors (Lipinski definition) is 4. The fourth-order valence-electron chi connectivity index (χ4n) is 2.25. The molecule has 1 aliphatic heterocycles. The Hall–Kier alpha value is -2.06. The number of aliphatic hydroxyl groups excluding tert-OH is 1. The average molecular weight is 297 g/mol. The molecule has 1 fully saturated rings. The first-order chi connectivity index (χ1) is 9.92. The van der Waals surface area contributed by atoms with Crippen LogP contribution in [0.15, 0.2) is 6.07 Å². The molecule has 2 heterocycles. The molecule has 2 rings (SSSR count). The molecule has 2 unspecified atom stereocenters. The predicted molar refractivity (Wildman–Crippen MR) is 74.5 cm³/mol. The first-order valence-electron chi connectivity index (χ1n) is 6.65. The van der Waals surface area contributed by atoms with E-state index in [9.17, 15) is 9.59 Å². The van der Waals surface area contributed by atoms with E-state index in [1.807, 2.05) is 6.92 Å². The quantitative estimate of drug-likeness (QED) is 0.653. The second-order valence-electron chi connectivity index (χ2n) is 5.12. The SMILES string of the molecule is Cc1cc(NC(=O)N2CC(CO)OCC2C)c(C(=O)O)[nH]1. The number of aromatic carboxylic acids is 1. The van der Waals surface area contributed by atoms with Gasteiger partial charge in [0.05, 0.1) is 37.6 Å². The van der Waals surface area contributed by atoms with Gasteiger partial charge in [0.15, 0.2) is 0 Å². The van der Waals surface area contributed by atoms with Crippen LogP contribution in [-0.2, 0) is 4.74 Å². The molecule has 0 aliphatic carbocycles. The van der Waals surface area contributed by atoms with Crippen LogP contribution in [0.3, 0.4) is 0 Å². The highest BCUT2D eigenvalue weighted by atomic mass is 16.5. The molecule has 4 N–H and O–H groups in total. The van der Waals surface area contributed by atoms with Gasteiger partial charge in [0.2, 0.25) is 0 Å². The molecule has 21 heavy (non-hydrogen) atoms. The van der Waals surface area contributed by atoms with Gasteiger partial charge < -0.3 is 30.2 Å². The van der Waals surface area contributed by atoms with E-state index < -0.39 is 18.1 Å². The maximum absolute atomic E-state index is 12.3. The molecule has 0 saturated carbocycles. The maximum atomic E-state index is 12.3. The first kappa shape index (κ1) is 15.3. The minimum Gasteiger partial charge on any atom is -0.477 e. The number of aromatic nitrogens is 1. The van der Waals surface area contributed by atoms with Crippen LogP contribution in [0.2, 0.25) is 0 Å². The van der Waals surface area contributed by atoms with E-state index >= 15 is 0 Å². The zero-order valence-corrected chi connectivity index (χ0v) is 11.9. The molecule has 0 radical (unpaired) electrons. The zero-order chi connectivity index (χ0) is 15.6. The number of H-pyrrole nitrogens is 1. The Morgan fingerprint density at radius 2 is 2.29 bits per heavy atom. The molecular formula is C13H19N3O5. The van der Waals surface area contributed by atoms with Crippen molar-refractivity contribution in [3.05, 3.63) is 17.5 Å². The fourth-order valence-corrected chi connectivity index (χ4v) is 2.25. The summed E-state index contributed by atoms with van der Waals surface area (Å²) in [5.74, 6) is -1.14. The van der Waals surface area contributed by atoms with Crippen LogP contribution in [0.25, 0.3) is 0 Å². The molecule has 1 aromatic rings. The summed E-state index contributed by atoms with van der Waals surface area (Å²) in [6.07, 6.45) is -0.418. The lowest BCUT2D eigenvalue weighted by molar-refractivity contribution is -0.0611. The van der Waals surface area contributed by atoms with Crippen LogP contribution in [0, 0.1) is 6.92 Å². The van der Waals surface area contributed by atoms with Gasteiger partial charge in [-0.15, -0.1) is 0 Å². The summed E-state index contributed by atoms with van der Waals surface area (Å²) in [6, 6.07) is 1.00. The first-order valence-corrected chi connectivity index (χ1v) is 6.65. The third kappa shape index (κ3) is 3.34. The topological polar surface area (TPSA) is 115 Å². The Labute approximate surface area is 121 Å². The number of amides is 2. The third-order valence-electron chi connectivity index (χ3n) is 3.38. The van der Waals surface area contributed by atoms with Crippen molar-refractivity contribution < 1.29 is 24.5 Å². The van der Waals surface area contributed by atoms with E-state index in [1.54, 1.807) is 13.0 Å². The number of rotatable bonds is 3. The Morgan fingerprint density at radius 3 is 2.90 bits per heavy atom. The smallest absolute Gasteiger partial charge is 0.354 e. The second kappa shape index (κ2) is 6.15. The Kier molecular flexibility index (Phi) is 4.49. The summed E-state index contributed by atoms with van der Waals surface area (Å²) >= 11 is 0. The third-order valence-corrected chi connectivity index (χ3v) is 3.38. The lowest BCUT2D eigenvalue weighted by Crippen LogP contribution is -2.53. The molecule has 2 amide bonds. The van der Waals surface area contributed by atoms with Gasteiger partial charge in [-0.1, -0.05) is 0 Å². The summed E-state index contributed by atoms with van der Waals surface area (Å²) in [5, 5.41) is 20.8. The van der Waals surface area contributed by atoms with Gasteiger partial charge >= 0.3 is 12.0 Å². The van der Waals surface area contributed by atoms with Crippen LogP contribution < -0.4 is 5.32 Å². The number of carboxylic acids is 1. The van der Waals surface area contributed by atoms with E-state index in [4.69, 9.17) is 14.9 Å². The number of carbonyl (C=O) groups excluding carboxylic acids is 1. The van der Waals surface area contributed by atoms with Crippen molar-refractivity contribution >= 4 is 17.7 Å². The van der Waals surface area contributed by atoms with Crippen LogP contribution in [0.1, 0.15) is 23.1 Å². The van der Waals surface area contributed by atoms with Crippen LogP contribution in [0.5, 0.6) is 0 Å². The van der Waals surface area contributed by atoms with E-state index in [0.717, 1.165) is 0 Å².